The average molecular weight is 286 g/mol. The number of aryl methyl sites for hydroxylation is 1. The molecule has 0 amide bonds. The number of nitrogens with one attached hydrogen (secondary N) is 1. The van der Waals surface area contributed by atoms with E-state index >= 15 is 0 Å². The van der Waals surface area contributed by atoms with Crippen LogP contribution >= 0.6 is 11.3 Å². The van der Waals surface area contributed by atoms with E-state index in [2.05, 4.69) is 60.5 Å². The van der Waals surface area contributed by atoms with Crippen molar-refractivity contribution in [2.75, 3.05) is 18.0 Å². The van der Waals surface area contributed by atoms with Crippen molar-refractivity contribution in [1.29, 1.82) is 0 Å². The van der Waals surface area contributed by atoms with Gasteiger partial charge in [0.15, 0.2) is 0 Å². The number of thiophene rings is 1. The molecule has 1 atom stereocenters. The topological polar surface area (TPSA) is 15.3 Å². The highest BCUT2D eigenvalue weighted by Gasteiger charge is 2.24. The molecule has 1 N–H and O–H groups in total. The molecule has 0 radical (unpaired) electrons. The van der Waals surface area contributed by atoms with Crippen LogP contribution in [0.1, 0.15) is 22.2 Å². The van der Waals surface area contributed by atoms with Crippen LogP contribution < -0.4 is 10.2 Å². The van der Waals surface area contributed by atoms with E-state index in [0.717, 1.165) is 19.6 Å². The molecule has 0 fully saturated rings. The van der Waals surface area contributed by atoms with Gasteiger partial charge in [0.1, 0.15) is 0 Å². The van der Waals surface area contributed by atoms with Crippen LogP contribution in [0.15, 0.2) is 36.4 Å². The Kier molecular flexibility index (Phi) is 4.08. The van der Waals surface area contributed by atoms with E-state index in [0.29, 0.717) is 6.04 Å². The molecular weight excluding hydrogens is 264 g/mol. The molecule has 1 aromatic carbocycles. The van der Waals surface area contributed by atoms with Crippen LogP contribution in [0.5, 0.6) is 0 Å². The molecule has 2 nitrogen and oxygen atoms in total. The van der Waals surface area contributed by atoms with Crippen molar-refractivity contribution < 1.29 is 0 Å². The van der Waals surface area contributed by atoms with Crippen molar-refractivity contribution in [3.8, 4) is 0 Å². The molecule has 0 bridgehead atoms. The normalized spacial score (nSPS) is 17.5. The van der Waals surface area contributed by atoms with Crippen LogP contribution in [-0.4, -0.2) is 19.1 Å². The lowest BCUT2D eigenvalue weighted by atomic mass is 10.1. The van der Waals surface area contributed by atoms with Gasteiger partial charge in [-0.15, -0.1) is 11.3 Å². The minimum absolute atomic E-state index is 0.623. The largest absolute Gasteiger partial charge is 0.367 e. The lowest BCUT2D eigenvalue weighted by molar-refractivity contribution is 0.620. The Morgan fingerprint density at radius 2 is 2.10 bits per heavy atom. The summed E-state index contributed by atoms with van der Waals surface area (Å²) in [6, 6.07) is 13.8. The zero-order chi connectivity index (χ0) is 13.9. The summed E-state index contributed by atoms with van der Waals surface area (Å²) in [6.45, 7) is 7.60. The molecule has 3 heteroatoms. The summed E-state index contributed by atoms with van der Waals surface area (Å²) in [4.78, 5) is 5.35. The van der Waals surface area contributed by atoms with Gasteiger partial charge in [-0.2, -0.15) is 0 Å². The number of hydrogen-bond donors (Lipinski definition) is 1. The van der Waals surface area contributed by atoms with E-state index < -0.39 is 0 Å². The van der Waals surface area contributed by atoms with Gasteiger partial charge < -0.3 is 10.2 Å². The Morgan fingerprint density at radius 1 is 1.25 bits per heavy atom. The van der Waals surface area contributed by atoms with Crippen LogP contribution in [0, 0.1) is 6.92 Å². The van der Waals surface area contributed by atoms with Crippen molar-refractivity contribution in [2.24, 2.45) is 0 Å². The molecule has 2 aromatic rings. The third-order valence-electron chi connectivity index (χ3n) is 3.97. The minimum atomic E-state index is 0.623. The van der Waals surface area contributed by atoms with Gasteiger partial charge in [0.2, 0.25) is 0 Å². The molecule has 20 heavy (non-hydrogen) atoms. The zero-order valence-electron chi connectivity index (χ0n) is 12.2. The Morgan fingerprint density at radius 3 is 2.90 bits per heavy atom. The van der Waals surface area contributed by atoms with E-state index in [4.69, 9.17) is 0 Å². The fourth-order valence-electron chi connectivity index (χ4n) is 2.96. The molecule has 2 heterocycles. The summed E-state index contributed by atoms with van der Waals surface area (Å²) in [5, 5.41) is 3.56. The van der Waals surface area contributed by atoms with Crippen LogP contribution in [0.3, 0.4) is 0 Å². The summed E-state index contributed by atoms with van der Waals surface area (Å²) in [7, 11) is 0. The van der Waals surface area contributed by atoms with Gasteiger partial charge in [-0.3, -0.25) is 0 Å². The fraction of sp³-hybridized carbons (Fsp3) is 0.412. The van der Waals surface area contributed by atoms with Gasteiger partial charge in [-0.25, -0.2) is 0 Å². The predicted molar refractivity (Wildman–Crippen MR) is 87.7 cm³/mol. The molecule has 0 saturated carbocycles. The van der Waals surface area contributed by atoms with Gasteiger partial charge in [0.05, 0.1) is 0 Å². The van der Waals surface area contributed by atoms with Crippen LogP contribution in [0.25, 0.3) is 0 Å². The monoisotopic (exact) mass is 286 g/mol. The van der Waals surface area contributed by atoms with Crippen LogP contribution in [-0.2, 0) is 13.0 Å². The van der Waals surface area contributed by atoms with E-state index in [9.17, 15) is 0 Å². The number of hydrogen-bond acceptors (Lipinski definition) is 3. The molecule has 0 spiro atoms. The Bertz CT molecular complexity index is 576. The van der Waals surface area contributed by atoms with E-state index in [1.165, 1.54) is 27.4 Å². The van der Waals surface area contributed by atoms with Crippen molar-refractivity contribution in [2.45, 2.75) is 32.9 Å². The molecule has 1 aliphatic rings. The molecule has 1 unspecified atom stereocenters. The molecule has 0 aliphatic carbocycles. The highest BCUT2D eigenvalue weighted by Crippen LogP contribution is 2.31. The SMILES string of the molecule is Cc1ccc(CNCCN2c3ccccc3CC2C)s1. The molecule has 1 aromatic heterocycles. The maximum atomic E-state index is 3.56. The number of anilines is 1. The summed E-state index contributed by atoms with van der Waals surface area (Å²) >= 11 is 1.88. The second kappa shape index (κ2) is 5.98. The van der Waals surface area contributed by atoms with Gasteiger partial charge in [0, 0.05) is 41.1 Å². The summed E-state index contributed by atoms with van der Waals surface area (Å²) < 4.78 is 0. The maximum absolute atomic E-state index is 3.56. The third kappa shape index (κ3) is 2.89. The fourth-order valence-corrected chi connectivity index (χ4v) is 3.82. The average Bonchev–Trinajstić information content (AvgIpc) is 2.98. The number of rotatable bonds is 5. The molecule has 106 valence electrons. The number of nitrogens with zero attached hydrogens (tertiary/aromatic N) is 1. The molecular formula is C17H22N2S. The number of benzene rings is 1. The summed E-state index contributed by atoms with van der Waals surface area (Å²) in [5.74, 6) is 0. The number of fused-ring (bicyclic) bond motifs is 1. The molecule has 3 rings (SSSR count). The van der Waals surface area contributed by atoms with Gasteiger partial charge in [-0.1, -0.05) is 18.2 Å². The second-order valence-electron chi connectivity index (χ2n) is 5.56. The van der Waals surface area contributed by atoms with Crippen LogP contribution in [0.2, 0.25) is 0 Å². The quantitative estimate of drug-likeness (QED) is 0.845. The maximum Gasteiger partial charge on any atom is 0.0402 e. The minimum Gasteiger partial charge on any atom is -0.367 e. The van der Waals surface area contributed by atoms with Crippen molar-refractivity contribution in [3.05, 3.63) is 51.7 Å². The summed E-state index contributed by atoms with van der Waals surface area (Å²) in [5.41, 5.74) is 2.92. The van der Waals surface area contributed by atoms with Gasteiger partial charge in [0.25, 0.3) is 0 Å². The first kappa shape index (κ1) is 13.7. The first-order valence-corrected chi connectivity index (χ1v) is 8.16. The van der Waals surface area contributed by atoms with Crippen LogP contribution in [0.4, 0.5) is 5.69 Å². The van der Waals surface area contributed by atoms with Crippen molar-refractivity contribution in [3.63, 3.8) is 0 Å². The first-order valence-electron chi connectivity index (χ1n) is 7.34. The number of para-hydroxylation sites is 1. The second-order valence-corrected chi connectivity index (χ2v) is 6.94. The summed E-state index contributed by atoms with van der Waals surface area (Å²) in [6.07, 6.45) is 1.18. The highest BCUT2D eigenvalue weighted by molar-refractivity contribution is 7.11. The van der Waals surface area contributed by atoms with Gasteiger partial charge >= 0.3 is 0 Å². The molecule has 1 aliphatic heterocycles. The highest BCUT2D eigenvalue weighted by atomic mass is 32.1. The lowest BCUT2D eigenvalue weighted by Gasteiger charge is -2.25. The Hall–Kier alpha value is -1.32. The Labute approximate surface area is 125 Å². The predicted octanol–water partition coefficient (Wildman–Crippen LogP) is 3.60. The zero-order valence-corrected chi connectivity index (χ0v) is 13.0. The van der Waals surface area contributed by atoms with Crippen molar-refractivity contribution >= 4 is 17.0 Å². The standard InChI is InChI=1S/C17H22N2S/c1-13-11-15-5-3-4-6-17(15)19(13)10-9-18-12-16-8-7-14(2)20-16/h3-8,13,18H,9-12H2,1-2H3. The van der Waals surface area contributed by atoms with E-state index in [-0.39, 0.29) is 0 Å². The lowest BCUT2D eigenvalue weighted by Crippen LogP contribution is -2.35. The third-order valence-corrected chi connectivity index (χ3v) is 4.97. The van der Waals surface area contributed by atoms with Gasteiger partial charge in [-0.05, 0) is 44.0 Å². The first-order chi connectivity index (χ1) is 9.74. The smallest absolute Gasteiger partial charge is 0.0402 e. The van der Waals surface area contributed by atoms with E-state index in [1.807, 2.05) is 11.3 Å². The van der Waals surface area contributed by atoms with Crippen molar-refractivity contribution in [1.82, 2.24) is 5.32 Å². The molecule has 0 saturated heterocycles. The van der Waals surface area contributed by atoms with E-state index in [1.54, 1.807) is 0 Å². The Balaban J connectivity index is 1.51.